The molecule has 0 saturated carbocycles. The highest BCUT2D eigenvalue weighted by atomic mass is 32.2. The van der Waals surface area contributed by atoms with Gasteiger partial charge in [-0.2, -0.15) is 0 Å². The van der Waals surface area contributed by atoms with Gasteiger partial charge < -0.3 is 25.0 Å². The molecule has 0 saturated heterocycles. The number of nitrogens with two attached hydrogens (primary N) is 1. The van der Waals surface area contributed by atoms with Gasteiger partial charge in [0, 0.05) is 48.2 Å². The van der Waals surface area contributed by atoms with Crippen LogP contribution in [0.4, 0.5) is 11.4 Å². The molecule has 15 nitrogen and oxygen atoms in total. The largest absolute Gasteiger partial charge is 0.477 e. The molecule has 0 bridgehead atoms. The second-order valence-corrected chi connectivity index (χ2v) is 17.1. The zero-order valence-corrected chi connectivity index (χ0v) is 33.8. The molecule has 316 valence electrons. The van der Waals surface area contributed by atoms with E-state index >= 15 is 0 Å². The van der Waals surface area contributed by atoms with Gasteiger partial charge in [0.05, 0.1) is 31.9 Å². The van der Waals surface area contributed by atoms with Crippen LogP contribution in [0.3, 0.4) is 0 Å². The number of carbonyl (C=O) groups is 2. The van der Waals surface area contributed by atoms with E-state index in [-0.39, 0.29) is 78.8 Å². The molecule has 62 heavy (non-hydrogen) atoms. The molecular formula is C45H38N4O11S2. The number of rotatable bonds is 7. The number of aromatic carboxylic acids is 1. The Morgan fingerprint density at radius 2 is 1.05 bits per heavy atom. The van der Waals surface area contributed by atoms with Gasteiger partial charge in [0.15, 0.2) is 41.7 Å². The number of nitrogens with one attached hydrogen (secondary N) is 1. The van der Waals surface area contributed by atoms with E-state index in [1.807, 2.05) is 0 Å². The normalized spacial score (nSPS) is 10.9. The van der Waals surface area contributed by atoms with Crippen molar-refractivity contribution in [2.45, 2.75) is 17.2 Å². The van der Waals surface area contributed by atoms with Gasteiger partial charge in [-0.1, -0.05) is 56.0 Å². The van der Waals surface area contributed by atoms with E-state index in [1.165, 1.54) is 42.7 Å². The molecule has 0 aliphatic rings. The Kier molecular flexibility index (Phi) is 14.0. The Hall–Kier alpha value is -7.76. The van der Waals surface area contributed by atoms with Crippen molar-refractivity contribution in [2.24, 2.45) is 0 Å². The van der Waals surface area contributed by atoms with Gasteiger partial charge >= 0.3 is 5.97 Å². The van der Waals surface area contributed by atoms with E-state index < -0.39 is 31.6 Å². The zero-order chi connectivity index (χ0) is 43.9. The molecule has 8 aromatic rings. The number of para-hydroxylation sites is 2. The number of nitrogens with zero attached hydrogens (tertiary/aromatic N) is 2. The highest BCUT2D eigenvalue weighted by molar-refractivity contribution is 7.91. The number of fused-ring (bicyclic) bond motifs is 2. The summed E-state index contributed by atoms with van der Waals surface area (Å²) in [6, 6.07) is 34.6. The summed E-state index contributed by atoms with van der Waals surface area (Å²) in [5, 5.41) is 11.6. The summed E-state index contributed by atoms with van der Waals surface area (Å²) in [4.78, 5) is 55.3. The Morgan fingerprint density at radius 3 is 1.52 bits per heavy atom. The van der Waals surface area contributed by atoms with Gasteiger partial charge in [-0.15, -0.1) is 0 Å². The van der Waals surface area contributed by atoms with Crippen molar-refractivity contribution in [3.8, 4) is 22.6 Å². The molecule has 8 rings (SSSR count). The minimum Gasteiger partial charge on any atom is -0.477 e. The number of amides is 1. The standard InChI is InChI=1S/C22H16N2O5S.C16H13NO4S.C6H5NO2.CH4/c1-30(27,28)20-11-3-2-7-15(20)19-13-18(25)14-8-6-10-16(21(14)29-19)24-22(26)17-9-4-5-12-23-17;1-22(19,20)15-8-3-2-5-11(15)14-9-13(18)10-6-4-7-12(17)16(10)21-14;8-6(9)5-3-1-2-4-7-5;/h2-13H,1H3,(H,24,26);2-9H,17H2,1H3;1-4H,(H,8,9);1H4. The number of pyridine rings is 2. The minimum atomic E-state index is -3.55. The third kappa shape index (κ3) is 10.5. The Morgan fingerprint density at radius 1 is 0.597 bits per heavy atom. The highest BCUT2D eigenvalue weighted by Gasteiger charge is 2.20. The fourth-order valence-corrected chi connectivity index (χ4v) is 7.69. The van der Waals surface area contributed by atoms with Gasteiger partial charge in [-0.25, -0.2) is 26.6 Å². The highest BCUT2D eigenvalue weighted by Crippen LogP contribution is 2.32. The summed E-state index contributed by atoms with van der Waals surface area (Å²) in [6.45, 7) is 0. The molecule has 0 fully saturated rings. The fraction of sp³-hybridized carbons (Fsp3) is 0.0667. The molecule has 0 unspecified atom stereocenters. The van der Waals surface area contributed by atoms with Crippen LogP contribution in [-0.4, -0.2) is 56.3 Å². The average molecular weight is 875 g/mol. The number of nitrogen functional groups attached to an aromatic ring is 1. The first-order valence-corrected chi connectivity index (χ1v) is 21.7. The van der Waals surface area contributed by atoms with Gasteiger partial charge in [0.1, 0.15) is 22.9 Å². The second-order valence-electron chi connectivity index (χ2n) is 13.1. The molecule has 4 heterocycles. The SMILES string of the molecule is C.CS(=O)(=O)c1ccccc1-c1cc(=O)c2cccc(N)c2o1.CS(=O)(=O)c1ccccc1-c1cc(=O)c2cccc(NC(=O)c3ccccn3)c2o1.O=C(O)c1ccccn1. The zero-order valence-electron chi connectivity index (χ0n) is 32.2. The molecule has 0 spiro atoms. The van der Waals surface area contributed by atoms with Crippen LogP contribution in [0.2, 0.25) is 0 Å². The van der Waals surface area contributed by atoms with Gasteiger partial charge in [-0.3, -0.25) is 19.4 Å². The summed E-state index contributed by atoms with van der Waals surface area (Å²) in [5.41, 5.74) is 7.12. The summed E-state index contributed by atoms with van der Waals surface area (Å²) >= 11 is 0. The first-order chi connectivity index (χ1) is 29.0. The average Bonchev–Trinajstić information content (AvgIpc) is 3.24. The van der Waals surface area contributed by atoms with Crippen LogP contribution < -0.4 is 21.9 Å². The molecule has 0 atom stereocenters. The minimum absolute atomic E-state index is 0. The number of benzene rings is 4. The molecule has 4 N–H and O–H groups in total. The Balaban J connectivity index is 0.000000198. The predicted molar refractivity (Wildman–Crippen MR) is 237 cm³/mol. The Bertz CT molecular complexity index is 3280. The summed E-state index contributed by atoms with van der Waals surface area (Å²) < 4.78 is 59.8. The van der Waals surface area contributed by atoms with E-state index in [0.29, 0.717) is 16.6 Å². The smallest absolute Gasteiger partial charge is 0.354 e. The lowest BCUT2D eigenvalue weighted by atomic mass is 10.1. The van der Waals surface area contributed by atoms with Crippen molar-refractivity contribution in [1.82, 2.24) is 9.97 Å². The predicted octanol–water partition coefficient (Wildman–Crippen LogP) is 7.37. The fourth-order valence-electron chi connectivity index (χ4n) is 5.90. The number of hydrogen-bond acceptors (Lipinski definition) is 13. The van der Waals surface area contributed by atoms with Gasteiger partial charge in [-0.05, 0) is 72.8 Å². The first kappa shape index (κ1) is 45.3. The lowest BCUT2D eigenvalue weighted by molar-refractivity contribution is 0.0690. The van der Waals surface area contributed by atoms with Crippen molar-refractivity contribution >= 4 is 64.9 Å². The van der Waals surface area contributed by atoms with E-state index in [0.717, 1.165) is 12.5 Å². The lowest BCUT2D eigenvalue weighted by Crippen LogP contribution is -2.14. The maximum Gasteiger partial charge on any atom is 0.354 e. The molecule has 0 radical (unpaired) electrons. The van der Waals surface area contributed by atoms with Gasteiger partial charge in [0.25, 0.3) is 5.91 Å². The van der Waals surface area contributed by atoms with Crippen LogP contribution in [0.15, 0.2) is 174 Å². The van der Waals surface area contributed by atoms with E-state index in [4.69, 9.17) is 19.7 Å². The molecule has 17 heteroatoms. The quantitative estimate of drug-likeness (QED) is 0.132. The van der Waals surface area contributed by atoms with Crippen LogP contribution >= 0.6 is 0 Å². The topological polar surface area (TPSA) is 247 Å². The summed E-state index contributed by atoms with van der Waals surface area (Å²) in [5.74, 6) is -1.19. The van der Waals surface area contributed by atoms with Crippen LogP contribution in [-0.2, 0) is 19.7 Å². The molecule has 0 aliphatic carbocycles. The number of carboxylic acids is 1. The third-order valence-electron chi connectivity index (χ3n) is 8.67. The maximum absolute atomic E-state index is 12.7. The first-order valence-electron chi connectivity index (χ1n) is 17.9. The summed E-state index contributed by atoms with van der Waals surface area (Å²) in [6.07, 6.45) is 5.14. The molecule has 0 aliphatic heterocycles. The second kappa shape index (κ2) is 19.1. The molecular weight excluding hydrogens is 837 g/mol. The van der Waals surface area contributed by atoms with Crippen molar-refractivity contribution in [3.05, 3.63) is 178 Å². The van der Waals surface area contributed by atoms with Crippen LogP contribution in [0.25, 0.3) is 44.6 Å². The van der Waals surface area contributed by atoms with Crippen molar-refractivity contribution in [2.75, 3.05) is 23.6 Å². The molecule has 4 aromatic carbocycles. The van der Waals surface area contributed by atoms with Gasteiger partial charge in [0.2, 0.25) is 0 Å². The monoisotopic (exact) mass is 874 g/mol. The number of anilines is 2. The summed E-state index contributed by atoms with van der Waals surface area (Å²) in [7, 11) is -7.00. The van der Waals surface area contributed by atoms with Crippen molar-refractivity contribution < 1.29 is 40.4 Å². The lowest BCUT2D eigenvalue weighted by Gasteiger charge is -2.11. The van der Waals surface area contributed by atoms with Crippen LogP contribution in [0.1, 0.15) is 28.4 Å². The van der Waals surface area contributed by atoms with E-state index in [1.54, 1.807) is 103 Å². The molecule has 1 amide bonds. The van der Waals surface area contributed by atoms with E-state index in [2.05, 4.69) is 15.3 Å². The van der Waals surface area contributed by atoms with E-state index in [9.17, 15) is 36.0 Å². The van der Waals surface area contributed by atoms with Crippen LogP contribution in [0, 0.1) is 0 Å². The number of sulfone groups is 2. The number of carbonyl (C=O) groups excluding carboxylic acids is 1. The maximum atomic E-state index is 12.7. The Labute approximate surface area is 355 Å². The third-order valence-corrected chi connectivity index (χ3v) is 11.0. The van der Waals surface area contributed by atoms with Crippen molar-refractivity contribution in [3.63, 3.8) is 0 Å². The number of hydrogen-bond donors (Lipinski definition) is 3. The van der Waals surface area contributed by atoms with Crippen LogP contribution in [0.5, 0.6) is 0 Å². The van der Waals surface area contributed by atoms with Crippen molar-refractivity contribution in [1.29, 1.82) is 0 Å². The number of carboxylic acid groups (broad SMARTS) is 1. The number of aromatic nitrogens is 2. The molecule has 4 aromatic heterocycles.